The van der Waals surface area contributed by atoms with Crippen molar-refractivity contribution in [3.05, 3.63) is 0 Å². The topological polar surface area (TPSA) is 81.7 Å². The summed E-state index contributed by atoms with van der Waals surface area (Å²) in [6, 6.07) is -1.21. The molecule has 2 amide bonds. The summed E-state index contributed by atoms with van der Waals surface area (Å²) < 4.78 is 0. The summed E-state index contributed by atoms with van der Waals surface area (Å²) >= 11 is 0. The number of urea groups is 1. The Morgan fingerprint density at radius 3 is 2.31 bits per heavy atom. The average molecular weight is 231 g/mol. The second-order valence-electron chi connectivity index (χ2n) is 4.03. The van der Waals surface area contributed by atoms with Gasteiger partial charge in [0.1, 0.15) is 6.04 Å². The molecule has 0 radical (unpaired) electrons. The molecule has 0 fully saturated rings. The van der Waals surface area contributed by atoms with Crippen LogP contribution in [0.4, 0.5) is 4.79 Å². The lowest BCUT2D eigenvalue weighted by Crippen LogP contribution is -2.50. The summed E-state index contributed by atoms with van der Waals surface area (Å²) in [6.45, 7) is 4.72. The van der Waals surface area contributed by atoms with E-state index in [-0.39, 0.29) is 11.9 Å². The molecule has 94 valence electrons. The van der Waals surface area contributed by atoms with Crippen LogP contribution in [0.1, 0.15) is 13.8 Å². The first-order valence-electron chi connectivity index (χ1n) is 5.29. The Kier molecular flexibility index (Phi) is 6.48. The van der Waals surface area contributed by atoms with Gasteiger partial charge in [-0.05, 0) is 13.0 Å². The zero-order valence-electron chi connectivity index (χ0n) is 10.3. The fourth-order valence-electron chi connectivity index (χ4n) is 1.14. The molecule has 0 unspecified atom stereocenters. The predicted octanol–water partition coefficient (Wildman–Crippen LogP) is -0.0436. The molecule has 0 aliphatic heterocycles. The number of hydrogen-bond donors (Lipinski definition) is 3. The molecule has 0 aromatic rings. The first kappa shape index (κ1) is 14.7. The van der Waals surface area contributed by atoms with E-state index >= 15 is 0 Å². The summed E-state index contributed by atoms with van der Waals surface area (Å²) in [6.07, 6.45) is 0. The maximum absolute atomic E-state index is 11.6. The second-order valence-corrected chi connectivity index (χ2v) is 4.03. The first-order chi connectivity index (χ1) is 7.40. The van der Waals surface area contributed by atoms with E-state index < -0.39 is 12.0 Å². The molecule has 0 aliphatic carbocycles. The average Bonchev–Trinajstić information content (AvgIpc) is 2.20. The van der Waals surface area contributed by atoms with Gasteiger partial charge in [0.25, 0.3) is 0 Å². The van der Waals surface area contributed by atoms with Gasteiger partial charge < -0.3 is 20.6 Å². The van der Waals surface area contributed by atoms with E-state index in [1.54, 1.807) is 27.9 Å². The normalized spacial score (nSPS) is 12.3. The third-order valence-electron chi connectivity index (χ3n) is 2.26. The monoisotopic (exact) mass is 231 g/mol. The van der Waals surface area contributed by atoms with Gasteiger partial charge >= 0.3 is 12.0 Å². The Bertz CT molecular complexity index is 243. The fraction of sp³-hybridized carbons (Fsp3) is 0.800. The summed E-state index contributed by atoms with van der Waals surface area (Å²) in [4.78, 5) is 23.9. The van der Waals surface area contributed by atoms with E-state index in [4.69, 9.17) is 5.11 Å². The Morgan fingerprint density at radius 1 is 1.38 bits per heavy atom. The highest BCUT2D eigenvalue weighted by atomic mass is 16.4. The maximum Gasteiger partial charge on any atom is 0.326 e. The van der Waals surface area contributed by atoms with Crippen LogP contribution in [-0.4, -0.2) is 55.2 Å². The first-order valence-corrected chi connectivity index (χ1v) is 5.29. The number of carboxylic acid groups (broad SMARTS) is 1. The number of nitrogens with one attached hydrogen (secondary N) is 2. The Balaban J connectivity index is 4.24. The molecule has 0 aromatic carbocycles. The van der Waals surface area contributed by atoms with Crippen LogP contribution in [-0.2, 0) is 4.79 Å². The van der Waals surface area contributed by atoms with Gasteiger partial charge in [-0.1, -0.05) is 13.8 Å². The molecule has 0 aliphatic rings. The summed E-state index contributed by atoms with van der Waals surface area (Å²) in [7, 11) is 3.42. The van der Waals surface area contributed by atoms with Gasteiger partial charge in [-0.15, -0.1) is 0 Å². The number of carbonyl (C=O) groups excluding carboxylic acids is 1. The highest BCUT2D eigenvalue weighted by Gasteiger charge is 2.24. The standard InChI is InChI=1S/C10H21N3O3/c1-7(2)8(9(14)15)12-10(16)13(4)6-5-11-3/h7-8,11H,5-6H2,1-4H3,(H,12,16)(H,14,15)/t8-/m1/s1. The molecule has 0 spiro atoms. The number of amides is 2. The minimum Gasteiger partial charge on any atom is -0.480 e. The third kappa shape index (κ3) is 4.97. The van der Waals surface area contributed by atoms with Gasteiger partial charge in [0.05, 0.1) is 0 Å². The van der Waals surface area contributed by atoms with Crippen LogP contribution in [0.3, 0.4) is 0 Å². The molecule has 0 rings (SSSR count). The van der Waals surface area contributed by atoms with Crippen molar-refractivity contribution in [2.45, 2.75) is 19.9 Å². The van der Waals surface area contributed by atoms with Gasteiger partial charge in [-0.25, -0.2) is 9.59 Å². The highest BCUT2D eigenvalue weighted by molar-refractivity contribution is 5.82. The van der Waals surface area contributed by atoms with Crippen LogP contribution < -0.4 is 10.6 Å². The highest BCUT2D eigenvalue weighted by Crippen LogP contribution is 2.02. The van der Waals surface area contributed by atoms with Gasteiger partial charge in [0.15, 0.2) is 0 Å². The molecular formula is C10H21N3O3. The Morgan fingerprint density at radius 2 is 1.94 bits per heavy atom. The van der Waals surface area contributed by atoms with Gasteiger partial charge in [0.2, 0.25) is 0 Å². The lowest BCUT2D eigenvalue weighted by Gasteiger charge is -2.23. The van der Waals surface area contributed by atoms with Crippen molar-refractivity contribution in [3.8, 4) is 0 Å². The largest absolute Gasteiger partial charge is 0.480 e. The molecule has 0 saturated carbocycles. The molecule has 6 heteroatoms. The number of hydrogen-bond acceptors (Lipinski definition) is 3. The van der Waals surface area contributed by atoms with Crippen molar-refractivity contribution in [1.82, 2.24) is 15.5 Å². The van der Waals surface area contributed by atoms with E-state index in [1.807, 2.05) is 0 Å². The van der Waals surface area contributed by atoms with E-state index in [1.165, 1.54) is 4.90 Å². The fourth-order valence-corrected chi connectivity index (χ4v) is 1.14. The molecule has 0 heterocycles. The molecule has 6 nitrogen and oxygen atoms in total. The number of aliphatic carboxylic acids is 1. The SMILES string of the molecule is CNCCN(C)C(=O)N[C@@H](C(=O)O)C(C)C. The Labute approximate surface area is 96.0 Å². The molecule has 0 saturated heterocycles. The lowest BCUT2D eigenvalue weighted by molar-refractivity contribution is -0.140. The summed E-state index contributed by atoms with van der Waals surface area (Å²) in [5.41, 5.74) is 0. The van der Waals surface area contributed by atoms with E-state index in [9.17, 15) is 9.59 Å². The summed E-state index contributed by atoms with van der Waals surface area (Å²) in [5.74, 6) is -1.15. The maximum atomic E-state index is 11.6. The zero-order valence-corrected chi connectivity index (χ0v) is 10.3. The van der Waals surface area contributed by atoms with E-state index in [0.717, 1.165) is 0 Å². The number of rotatable bonds is 6. The van der Waals surface area contributed by atoms with Crippen LogP contribution in [0.5, 0.6) is 0 Å². The molecule has 0 aromatic heterocycles. The number of likely N-dealkylation sites (N-methyl/N-ethyl adjacent to an activating group) is 2. The van der Waals surface area contributed by atoms with E-state index in [0.29, 0.717) is 13.1 Å². The van der Waals surface area contributed by atoms with Crippen LogP contribution in [0.2, 0.25) is 0 Å². The van der Waals surface area contributed by atoms with Crippen LogP contribution in [0.25, 0.3) is 0 Å². The van der Waals surface area contributed by atoms with Gasteiger partial charge in [-0.3, -0.25) is 0 Å². The Hall–Kier alpha value is -1.30. The quantitative estimate of drug-likeness (QED) is 0.599. The predicted molar refractivity (Wildman–Crippen MR) is 61.4 cm³/mol. The molecule has 0 bridgehead atoms. The molecule has 1 atom stereocenters. The van der Waals surface area contributed by atoms with E-state index in [2.05, 4.69) is 10.6 Å². The van der Waals surface area contributed by atoms with Gasteiger partial charge in [0, 0.05) is 20.1 Å². The van der Waals surface area contributed by atoms with Crippen LogP contribution in [0.15, 0.2) is 0 Å². The minimum absolute atomic E-state index is 0.140. The zero-order chi connectivity index (χ0) is 12.7. The number of carboxylic acids is 1. The van der Waals surface area contributed by atoms with Gasteiger partial charge in [-0.2, -0.15) is 0 Å². The minimum atomic E-state index is -1.01. The smallest absolute Gasteiger partial charge is 0.326 e. The van der Waals surface area contributed by atoms with Crippen molar-refractivity contribution in [2.75, 3.05) is 27.2 Å². The van der Waals surface area contributed by atoms with Crippen molar-refractivity contribution in [2.24, 2.45) is 5.92 Å². The second kappa shape index (κ2) is 7.05. The lowest BCUT2D eigenvalue weighted by atomic mass is 10.1. The van der Waals surface area contributed by atoms with Crippen molar-refractivity contribution < 1.29 is 14.7 Å². The number of carbonyl (C=O) groups is 2. The summed E-state index contributed by atoms with van der Waals surface area (Å²) in [5, 5.41) is 14.3. The molecule has 16 heavy (non-hydrogen) atoms. The van der Waals surface area contributed by atoms with Crippen LogP contribution in [0, 0.1) is 5.92 Å². The van der Waals surface area contributed by atoms with Crippen LogP contribution >= 0.6 is 0 Å². The van der Waals surface area contributed by atoms with Crippen molar-refractivity contribution >= 4 is 12.0 Å². The molecular weight excluding hydrogens is 210 g/mol. The number of nitrogens with zero attached hydrogens (tertiary/aromatic N) is 1. The molecule has 3 N–H and O–H groups in total. The third-order valence-corrected chi connectivity index (χ3v) is 2.26. The van der Waals surface area contributed by atoms with Crippen molar-refractivity contribution in [1.29, 1.82) is 0 Å². The van der Waals surface area contributed by atoms with Crippen molar-refractivity contribution in [3.63, 3.8) is 0 Å².